The predicted molar refractivity (Wildman–Crippen MR) is 91.2 cm³/mol. The van der Waals surface area contributed by atoms with Gasteiger partial charge >= 0.3 is 6.18 Å². The highest BCUT2D eigenvalue weighted by Crippen LogP contribution is 2.35. The molecule has 0 bridgehead atoms. The van der Waals surface area contributed by atoms with E-state index < -0.39 is 11.7 Å². The Morgan fingerprint density at radius 2 is 1.69 bits per heavy atom. The van der Waals surface area contributed by atoms with Gasteiger partial charge in [-0.25, -0.2) is 0 Å². The second kappa shape index (κ2) is 6.52. The first-order valence-corrected chi connectivity index (χ1v) is 7.68. The Hall–Kier alpha value is -3.33. The molecule has 0 fully saturated rings. The van der Waals surface area contributed by atoms with Crippen molar-refractivity contribution >= 4 is 0 Å². The molecule has 26 heavy (non-hydrogen) atoms. The summed E-state index contributed by atoms with van der Waals surface area (Å²) in [5, 5.41) is 19.1. The van der Waals surface area contributed by atoms with Gasteiger partial charge in [0.15, 0.2) is 0 Å². The quantitative estimate of drug-likeness (QED) is 0.677. The topological polar surface area (TPSA) is 56.9 Å². The molecule has 1 aromatic heterocycles. The summed E-state index contributed by atoms with van der Waals surface area (Å²) in [5.41, 5.74) is 1.55. The van der Waals surface area contributed by atoms with Crippen LogP contribution in [0, 0.1) is 18.3 Å². The Bertz CT molecular complexity index is 1020. The van der Waals surface area contributed by atoms with E-state index in [0.717, 1.165) is 12.1 Å². The molecule has 0 amide bonds. The van der Waals surface area contributed by atoms with Crippen LogP contribution < -0.4 is 0 Å². The lowest BCUT2D eigenvalue weighted by molar-refractivity contribution is -0.137. The maximum atomic E-state index is 13.0. The molecule has 2 aromatic carbocycles. The molecule has 1 N–H and O–H groups in total. The summed E-state index contributed by atoms with van der Waals surface area (Å²) in [4.78, 5) is 4.36. The molecule has 3 aromatic rings. The van der Waals surface area contributed by atoms with E-state index in [1.54, 1.807) is 25.1 Å². The minimum Gasteiger partial charge on any atom is -0.508 e. The van der Waals surface area contributed by atoms with Crippen LogP contribution in [0.3, 0.4) is 0 Å². The molecule has 0 spiro atoms. The van der Waals surface area contributed by atoms with Gasteiger partial charge in [0.1, 0.15) is 11.8 Å². The normalized spacial score (nSPS) is 11.2. The number of nitriles is 1. The molecule has 1 heterocycles. The maximum Gasteiger partial charge on any atom is 0.416 e. The van der Waals surface area contributed by atoms with Crippen LogP contribution in [0.25, 0.3) is 22.4 Å². The number of alkyl halides is 3. The van der Waals surface area contributed by atoms with Crippen molar-refractivity contribution in [2.24, 2.45) is 0 Å². The van der Waals surface area contributed by atoms with Crippen molar-refractivity contribution in [3.05, 3.63) is 71.4 Å². The van der Waals surface area contributed by atoms with Crippen LogP contribution in [0.15, 0.2) is 54.6 Å². The number of phenolic OH excluding ortho intramolecular Hbond substituents is 1. The Labute approximate surface area is 148 Å². The van der Waals surface area contributed by atoms with E-state index in [1.807, 2.05) is 6.07 Å². The van der Waals surface area contributed by atoms with E-state index in [9.17, 15) is 23.5 Å². The maximum absolute atomic E-state index is 13.0. The summed E-state index contributed by atoms with van der Waals surface area (Å²) < 4.78 is 39.1. The molecular formula is C20H13F3N2O. The first-order chi connectivity index (χ1) is 12.3. The number of pyridine rings is 1. The monoisotopic (exact) mass is 354 g/mol. The molecular weight excluding hydrogens is 341 g/mol. The molecule has 0 unspecified atom stereocenters. The lowest BCUT2D eigenvalue weighted by Gasteiger charge is -2.13. The van der Waals surface area contributed by atoms with Gasteiger partial charge in [-0.2, -0.15) is 18.4 Å². The number of hydrogen-bond acceptors (Lipinski definition) is 3. The van der Waals surface area contributed by atoms with E-state index in [2.05, 4.69) is 4.98 Å². The minimum atomic E-state index is -4.47. The van der Waals surface area contributed by atoms with Crippen molar-refractivity contribution in [2.75, 3.05) is 0 Å². The van der Waals surface area contributed by atoms with Gasteiger partial charge < -0.3 is 5.11 Å². The largest absolute Gasteiger partial charge is 0.508 e. The molecule has 0 aliphatic rings. The van der Waals surface area contributed by atoms with Crippen LogP contribution in [0.1, 0.15) is 16.8 Å². The predicted octanol–water partition coefficient (Wildman–Crippen LogP) is 5.32. The van der Waals surface area contributed by atoms with Gasteiger partial charge in [0.2, 0.25) is 0 Å². The van der Waals surface area contributed by atoms with E-state index in [-0.39, 0.29) is 16.9 Å². The van der Waals surface area contributed by atoms with Gasteiger partial charge in [-0.1, -0.05) is 24.3 Å². The van der Waals surface area contributed by atoms with Gasteiger partial charge in [0.05, 0.1) is 22.5 Å². The molecule has 3 nitrogen and oxygen atoms in total. The molecule has 6 heteroatoms. The highest BCUT2D eigenvalue weighted by atomic mass is 19.4. The third-order valence-corrected chi connectivity index (χ3v) is 3.95. The van der Waals surface area contributed by atoms with Crippen molar-refractivity contribution in [3.8, 4) is 34.2 Å². The molecule has 0 aliphatic carbocycles. The van der Waals surface area contributed by atoms with Crippen LogP contribution >= 0.6 is 0 Å². The second-order valence-electron chi connectivity index (χ2n) is 5.76. The average Bonchev–Trinajstić information content (AvgIpc) is 2.60. The standard InChI is InChI=1S/C20H13F3N2O/c1-12-18(11-24)17(13-4-2-6-15(8-13)20(21,22)23)10-19(25-12)14-5-3-7-16(26)9-14/h2-10,26H,1H3. The summed E-state index contributed by atoms with van der Waals surface area (Å²) in [6, 6.07) is 14.8. The van der Waals surface area contributed by atoms with Crippen LogP contribution in [-0.4, -0.2) is 10.1 Å². The number of nitrogens with zero attached hydrogens (tertiary/aromatic N) is 2. The van der Waals surface area contributed by atoms with Gasteiger partial charge in [-0.15, -0.1) is 0 Å². The lowest BCUT2D eigenvalue weighted by atomic mass is 9.96. The Balaban J connectivity index is 2.23. The zero-order chi connectivity index (χ0) is 18.9. The van der Waals surface area contributed by atoms with Crippen molar-refractivity contribution in [1.29, 1.82) is 5.26 Å². The molecule has 0 saturated carbocycles. The zero-order valence-electron chi connectivity index (χ0n) is 13.7. The zero-order valence-corrected chi connectivity index (χ0v) is 13.7. The fourth-order valence-electron chi connectivity index (χ4n) is 2.72. The minimum absolute atomic E-state index is 0.0481. The lowest BCUT2D eigenvalue weighted by Crippen LogP contribution is -2.05. The summed E-state index contributed by atoms with van der Waals surface area (Å²) in [6.07, 6.45) is -4.47. The van der Waals surface area contributed by atoms with Crippen LogP contribution in [0.5, 0.6) is 5.75 Å². The molecule has 0 atom stereocenters. The van der Waals surface area contributed by atoms with Crippen molar-refractivity contribution in [2.45, 2.75) is 13.1 Å². The van der Waals surface area contributed by atoms with Crippen LogP contribution in [0.4, 0.5) is 13.2 Å². The highest BCUT2D eigenvalue weighted by molar-refractivity contribution is 5.77. The van der Waals surface area contributed by atoms with Gasteiger partial charge in [0.25, 0.3) is 0 Å². The summed E-state index contributed by atoms with van der Waals surface area (Å²) >= 11 is 0. The molecule has 0 aliphatic heterocycles. The van der Waals surface area contributed by atoms with Crippen molar-refractivity contribution in [3.63, 3.8) is 0 Å². The highest BCUT2D eigenvalue weighted by Gasteiger charge is 2.30. The van der Waals surface area contributed by atoms with E-state index in [4.69, 9.17) is 0 Å². The number of benzene rings is 2. The first kappa shape index (κ1) is 17.5. The van der Waals surface area contributed by atoms with E-state index >= 15 is 0 Å². The smallest absolute Gasteiger partial charge is 0.416 e. The summed E-state index contributed by atoms with van der Waals surface area (Å²) in [5.74, 6) is 0.0481. The summed E-state index contributed by atoms with van der Waals surface area (Å²) in [6.45, 7) is 1.63. The number of halogens is 3. The number of phenols is 1. The third kappa shape index (κ3) is 3.38. The van der Waals surface area contributed by atoms with Gasteiger partial charge in [-0.3, -0.25) is 4.98 Å². The Kier molecular flexibility index (Phi) is 4.39. The molecule has 130 valence electrons. The van der Waals surface area contributed by atoms with Crippen LogP contribution in [0.2, 0.25) is 0 Å². The SMILES string of the molecule is Cc1nc(-c2cccc(O)c2)cc(-c2cccc(C(F)(F)F)c2)c1C#N. The van der Waals surface area contributed by atoms with E-state index in [1.165, 1.54) is 24.3 Å². The number of aromatic hydroxyl groups is 1. The molecule has 0 radical (unpaired) electrons. The fourth-order valence-corrected chi connectivity index (χ4v) is 2.72. The number of hydrogen-bond donors (Lipinski definition) is 1. The van der Waals surface area contributed by atoms with Crippen molar-refractivity contribution < 1.29 is 18.3 Å². The van der Waals surface area contributed by atoms with Crippen LogP contribution in [-0.2, 0) is 6.18 Å². The average molecular weight is 354 g/mol. The van der Waals surface area contributed by atoms with Gasteiger partial charge in [0, 0.05) is 11.1 Å². The number of aromatic nitrogens is 1. The summed E-state index contributed by atoms with van der Waals surface area (Å²) in [7, 11) is 0. The Morgan fingerprint density at radius 1 is 1.00 bits per heavy atom. The number of rotatable bonds is 2. The van der Waals surface area contributed by atoms with E-state index in [0.29, 0.717) is 22.5 Å². The third-order valence-electron chi connectivity index (χ3n) is 3.95. The van der Waals surface area contributed by atoms with Gasteiger partial charge in [-0.05, 0) is 42.8 Å². The number of aryl methyl sites for hydroxylation is 1. The molecule has 3 rings (SSSR count). The fraction of sp³-hybridized carbons (Fsp3) is 0.100. The Morgan fingerprint density at radius 3 is 2.35 bits per heavy atom. The van der Waals surface area contributed by atoms with Crippen molar-refractivity contribution in [1.82, 2.24) is 4.98 Å². The second-order valence-corrected chi connectivity index (χ2v) is 5.76. The first-order valence-electron chi connectivity index (χ1n) is 7.68. The molecule has 0 saturated heterocycles.